The van der Waals surface area contributed by atoms with Crippen LogP contribution in [0.1, 0.15) is 32.3 Å². The third-order valence-corrected chi connectivity index (χ3v) is 3.61. The maximum Gasteiger partial charge on any atom is 0.323 e. The Morgan fingerprint density at radius 2 is 2.05 bits per heavy atom. The van der Waals surface area contributed by atoms with Crippen molar-refractivity contribution in [2.75, 3.05) is 13.1 Å². The zero-order valence-electron chi connectivity index (χ0n) is 13.2. The average molecular weight is 304 g/mol. The molecule has 0 fully saturated rings. The summed E-state index contributed by atoms with van der Waals surface area (Å²) in [5, 5.41) is 6.19. The van der Waals surface area contributed by atoms with E-state index in [9.17, 15) is 9.59 Å². The molecule has 1 aromatic heterocycles. The Hall–Kier alpha value is -2.08. The number of benzene rings is 1. The minimum atomic E-state index is -0.193. The number of carbonyl (C=O) groups excluding carboxylic acids is 1. The average Bonchev–Trinajstić information content (AvgIpc) is 2.85. The number of H-pyrrole nitrogens is 2. The quantitative estimate of drug-likeness (QED) is 0.592. The summed E-state index contributed by atoms with van der Waals surface area (Å²) >= 11 is 0. The minimum absolute atomic E-state index is 0.0842. The predicted octanol–water partition coefficient (Wildman–Crippen LogP) is 1.29. The summed E-state index contributed by atoms with van der Waals surface area (Å²) in [5.41, 5.74) is 2.55. The highest BCUT2D eigenvalue weighted by molar-refractivity contribution is 5.76. The van der Waals surface area contributed by atoms with Crippen LogP contribution in [0.25, 0.3) is 11.0 Å². The second-order valence-electron chi connectivity index (χ2n) is 5.58. The highest BCUT2D eigenvalue weighted by Gasteiger charge is 2.05. The molecule has 2 rings (SSSR count). The summed E-state index contributed by atoms with van der Waals surface area (Å²) in [6.07, 6.45) is 2.13. The molecule has 2 aromatic rings. The summed E-state index contributed by atoms with van der Waals surface area (Å²) in [5.74, 6) is 0.0842. The van der Waals surface area contributed by atoms with E-state index in [2.05, 4.69) is 27.5 Å². The molecule has 6 heteroatoms. The van der Waals surface area contributed by atoms with Crippen LogP contribution in [0, 0.1) is 0 Å². The number of carbonyl (C=O) groups is 1. The van der Waals surface area contributed by atoms with Gasteiger partial charge in [0, 0.05) is 19.0 Å². The highest BCUT2D eigenvalue weighted by atomic mass is 16.1. The zero-order valence-corrected chi connectivity index (χ0v) is 13.2. The van der Waals surface area contributed by atoms with E-state index in [0.717, 1.165) is 36.0 Å². The molecule has 4 N–H and O–H groups in total. The van der Waals surface area contributed by atoms with Crippen molar-refractivity contribution in [1.29, 1.82) is 0 Å². The Bertz CT molecular complexity index is 674. The Morgan fingerprint density at radius 1 is 1.27 bits per heavy atom. The first-order valence-corrected chi connectivity index (χ1v) is 7.79. The predicted molar refractivity (Wildman–Crippen MR) is 88.0 cm³/mol. The number of rotatable bonds is 8. The molecule has 1 heterocycles. The van der Waals surface area contributed by atoms with Crippen molar-refractivity contribution in [3.8, 4) is 0 Å². The molecular weight excluding hydrogens is 280 g/mol. The van der Waals surface area contributed by atoms with Crippen molar-refractivity contribution in [2.45, 2.75) is 39.2 Å². The van der Waals surface area contributed by atoms with Gasteiger partial charge in [-0.05, 0) is 44.0 Å². The van der Waals surface area contributed by atoms with E-state index in [4.69, 9.17) is 0 Å². The van der Waals surface area contributed by atoms with Crippen LogP contribution in [0.2, 0.25) is 0 Å². The molecule has 0 unspecified atom stereocenters. The van der Waals surface area contributed by atoms with Gasteiger partial charge in [0.1, 0.15) is 0 Å². The molecule has 22 heavy (non-hydrogen) atoms. The van der Waals surface area contributed by atoms with Gasteiger partial charge in [0.05, 0.1) is 11.0 Å². The van der Waals surface area contributed by atoms with Gasteiger partial charge in [-0.15, -0.1) is 0 Å². The number of fused-ring (bicyclic) bond motifs is 1. The topological polar surface area (TPSA) is 89.8 Å². The molecule has 0 spiro atoms. The van der Waals surface area contributed by atoms with Gasteiger partial charge >= 0.3 is 5.69 Å². The van der Waals surface area contributed by atoms with E-state index in [1.165, 1.54) is 0 Å². The Morgan fingerprint density at radius 3 is 2.82 bits per heavy atom. The van der Waals surface area contributed by atoms with Gasteiger partial charge < -0.3 is 20.6 Å². The Kier molecular flexibility index (Phi) is 5.77. The highest BCUT2D eigenvalue weighted by Crippen LogP contribution is 2.12. The second kappa shape index (κ2) is 7.79. The largest absolute Gasteiger partial charge is 0.355 e. The molecule has 0 aliphatic carbocycles. The van der Waals surface area contributed by atoms with Crippen LogP contribution in [0.4, 0.5) is 0 Å². The molecule has 1 amide bonds. The number of imidazole rings is 1. The summed E-state index contributed by atoms with van der Waals surface area (Å²) in [6, 6.07) is 6.12. The summed E-state index contributed by atoms with van der Waals surface area (Å²) < 4.78 is 0. The Balaban J connectivity index is 1.75. The SMILES string of the molecule is CCN[C@H](C)CNC(=O)CCCc1ccc2[nH]c(=O)[nH]c2c1. The van der Waals surface area contributed by atoms with Crippen LogP contribution in [-0.2, 0) is 11.2 Å². The number of aromatic amines is 2. The minimum Gasteiger partial charge on any atom is -0.355 e. The molecule has 0 aliphatic heterocycles. The summed E-state index contributed by atoms with van der Waals surface area (Å²) in [7, 11) is 0. The second-order valence-corrected chi connectivity index (χ2v) is 5.58. The molecule has 0 aliphatic rings. The summed E-state index contributed by atoms with van der Waals surface area (Å²) in [4.78, 5) is 28.4. The third-order valence-electron chi connectivity index (χ3n) is 3.61. The van der Waals surface area contributed by atoms with Gasteiger partial charge in [0.25, 0.3) is 0 Å². The van der Waals surface area contributed by atoms with E-state index < -0.39 is 0 Å². The van der Waals surface area contributed by atoms with Crippen LogP contribution < -0.4 is 16.3 Å². The van der Waals surface area contributed by atoms with E-state index in [0.29, 0.717) is 19.0 Å². The number of aromatic nitrogens is 2. The normalized spacial score (nSPS) is 12.5. The fourth-order valence-electron chi connectivity index (χ4n) is 2.46. The van der Waals surface area contributed by atoms with Crippen LogP contribution in [0.5, 0.6) is 0 Å². The van der Waals surface area contributed by atoms with Crippen molar-refractivity contribution < 1.29 is 4.79 Å². The van der Waals surface area contributed by atoms with Crippen molar-refractivity contribution >= 4 is 16.9 Å². The van der Waals surface area contributed by atoms with Crippen LogP contribution in [0.3, 0.4) is 0 Å². The van der Waals surface area contributed by atoms with Gasteiger partial charge in [-0.1, -0.05) is 13.0 Å². The zero-order chi connectivity index (χ0) is 15.9. The third kappa shape index (κ3) is 4.73. The van der Waals surface area contributed by atoms with Gasteiger partial charge in [-0.3, -0.25) is 4.79 Å². The fourth-order valence-corrected chi connectivity index (χ4v) is 2.46. The van der Waals surface area contributed by atoms with Crippen molar-refractivity contribution in [1.82, 2.24) is 20.6 Å². The first kappa shape index (κ1) is 16.3. The molecule has 0 bridgehead atoms. The van der Waals surface area contributed by atoms with E-state index >= 15 is 0 Å². The van der Waals surface area contributed by atoms with E-state index in [-0.39, 0.29) is 11.6 Å². The number of hydrogen-bond donors (Lipinski definition) is 4. The van der Waals surface area contributed by atoms with Gasteiger partial charge in [0.2, 0.25) is 5.91 Å². The number of amides is 1. The number of aryl methyl sites for hydroxylation is 1. The molecule has 0 saturated carbocycles. The van der Waals surface area contributed by atoms with Crippen LogP contribution in [0.15, 0.2) is 23.0 Å². The molecule has 1 aromatic carbocycles. The van der Waals surface area contributed by atoms with Gasteiger partial charge in [-0.2, -0.15) is 0 Å². The van der Waals surface area contributed by atoms with E-state index in [1.807, 2.05) is 25.1 Å². The molecule has 0 saturated heterocycles. The fraction of sp³-hybridized carbons (Fsp3) is 0.500. The molecular formula is C16H24N4O2. The van der Waals surface area contributed by atoms with Crippen LogP contribution in [-0.4, -0.2) is 35.0 Å². The number of hydrogen-bond acceptors (Lipinski definition) is 3. The summed E-state index contributed by atoms with van der Waals surface area (Å²) in [6.45, 7) is 5.66. The maximum absolute atomic E-state index is 11.8. The molecule has 0 radical (unpaired) electrons. The lowest BCUT2D eigenvalue weighted by atomic mass is 10.1. The Labute approximate surface area is 129 Å². The van der Waals surface area contributed by atoms with E-state index in [1.54, 1.807) is 0 Å². The number of likely N-dealkylation sites (N-methyl/N-ethyl adjacent to an activating group) is 1. The maximum atomic E-state index is 11.8. The van der Waals surface area contributed by atoms with Crippen molar-refractivity contribution in [3.63, 3.8) is 0 Å². The van der Waals surface area contributed by atoms with Crippen molar-refractivity contribution in [3.05, 3.63) is 34.2 Å². The van der Waals surface area contributed by atoms with Gasteiger partial charge in [0.15, 0.2) is 0 Å². The lowest BCUT2D eigenvalue weighted by molar-refractivity contribution is -0.121. The molecule has 120 valence electrons. The van der Waals surface area contributed by atoms with Crippen molar-refractivity contribution in [2.24, 2.45) is 0 Å². The smallest absolute Gasteiger partial charge is 0.323 e. The monoisotopic (exact) mass is 304 g/mol. The lowest BCUT2D eigenvalue weighted by Gasteiger charge is -2.13. The standard InChI is InChI=1S/C16H24N4O2/c1-3-17-11(2)10-18-15(21)6-4-5-12-7-8-13-14(9-12)20-16(22)19-13/h7-9,11,17H,3-6,10H2,1-2H3,(H,18,21)(H2,19,20,22)/t11-/m1/s1. The number of nitrogens with one attached hydrogen (secondary N) is 4. The lowest BCUT2D eigenvalue weighted by Crippen LogP contribution is -2.38. The van der Waals surface area contributed by atoms with Gasteiger partial charge in [-0.25, -0.2) is 4.79 Å². The molecule has 1 atom stereocenters. The van der Waals surface area contributed by atoms with Crippen LogP contribution >= 0.6 is 0 Å². The first-order valence-electron chi connectivity index (χ1n) is 7.79. The first-order chi connectivity index (χ1) is 10.6. The molecule has 6 nitrogen and oxygen atoms in total.